The number of nitriles is 1. The summed E-state index contributed by atoms with van der Waals surface area (Å²) in [7, 11) is 1.52. The Morgan fingerprint density at radius 1 is 1.46 bits per heavy atom. The van der Waals surface area contributed by atoms with Crippen LogP contribution in [0.4, 0.5) is 0 Å². The summed E-state index contributed by atoms with van der Waals surface area (Å²) in [6.45, 7) is 0. The highest BCUT2D eigenvalue weighted by Crippen LogP contribution is 2.20. The van der Waals surface area contributed by atoms with E-state index in [2.05, 4.69) is 10.3 Å². The summed E-state index contributed by atoms with van der Waals surface area (Å²) in [5.74, 6) is 0. The van der Waals surface area contributed by atoms with E-state index in [1.165, 1.54) is 26.4 Å². The quantitative estimate of drug-likeness (QED) is 0.288. The molecule has 0 aromatic heterocycles. The van der Waals surface area contributed by atoms with Gasteiger partial charge in [0, 0.05) is 0 Å². The van der Waals surface area contributed by atoms with Crippen molar-refractivity contribution in [3.63, 3.8) is 0 Å². The lowest BCUT2D eigenvalue weighted by molar-refractivity contribution is 0.370. The number of rotatable bonds is 1. The van der Waals surface area contributed by atoms with Gasteiger partial charge in [-0.2, -0.15) is 5.26 Å². The molecular formula is C9H15N3O. The van der Waals surface area contributed by atoms with Crippen LogP contribution in [0.5, 0.6) is 0 Å². The van der Waals surface area contributed by atoms with Crippen LogP contribution < -0.4 is 5.32 Å². The monoisotopic (exact) mass is 181 g/mol. The lowest BCUT2D eigenvalue weighted by Gasteiger charge is -2.17. The molecule has 0 heterocycles. The second-order valence-corrected chi connectivity index (χ2v) is 3.17. The number of hydrogen-bond acceptors (Lipinski definition) is 3. The van der Waals surface area contributed by atoms with Gasteiger partial charge in [0.2, 0.25) is 0 Å². The van der Waals surface area contributed by atoms with Crippen LogP contribution in [0.1, 0.15) is 32.1 Å². The normalized spacial score (nSPS) is 19.2. The molecular weight excluding hydrogens is 166 g/mol. The minimum atomic E-state index is 0.338. The summed E-state index contributed by atoms with van der Waals surface area (Å²) in [5.41, 5.74) is 0. The maximum Gasteiger partial charge on any atom is 0.298 e. The number of ether oxygens (including phenoxy) is 1. The Hall–Kier alpha value is -1.24. The van der Waals surface area contributed by atoms with E-state index in [4.69, 9.17) is 10.00 Å². The van der Waals surface area contributed by atoms with Crippen LogP contribution >= 0.6 is 0 Å². The van der Waals surface area contributed by atoms with Crippen molar-refractivity contribution in [1.29, 1.82) is 5.26 Å². The van der Waals surface area contributed by atoms with Crippen LogP contribution in [0.25, 0.3) is 0 Å². The number of methoxy groups -OCH3 is 1. The molecule has 0 aliphatic heterocycles. The fraction of sp³-hybridized carbons (Fsp3) is 0.778. The Labute approximate surface area is 78.6 Å². The van der Waals surface area contributed by atoms with Crippen molar-refractivity contribution in [3.05, 3.63) is 0 Å². The van der Waals surface area contributed by atoms with Crippen molar-refractivity contribution in [2.75, 3.05) is 7.11 Å². The summed E-state index contributed by atoms with van der Waals surface area (Å²) < 4.78 is 4.91. The summed E-state index contributed by atoms with van der Waals surface area (Å²) >= 11 is 0. The molecule has 1 rings (SSSR count). The zero-order valence-corrected chi connectivity index (χ0v) is 7.92. The highest BCUT2D eigenvalue weighted by molar-refractivity contribution is 5.75. The molecule has 0 unspecified atom stereocenters. The molecule has 0 saturated heterocycles. The van der Waals surface area contributed by atoms with Gasteiger partial charge in [-0.3, -0.25) is 0 Å². The van der Waals surface area contributed by atoms with E-state index in [1.807, 2.05) is 0 Å². The maximum absolute atomic E-state index is 8.38. The van der Waals surface area contributed by atoms with E-state index < -0.39 is 0 Å². The fourth-order valence-corrected chi connectivity index (χ4v) is 1.56. The molecule has 0 spiro atoms. The average molecular weight is 181 g/mol. The highest BCUT2D eigenvalue weighted by Gasteiger charge is 2.13. The minimum Gasteiger partial charge on any atom is -0.468 e. The Balaban J connectivity index is 2.45. The predicted octanol–water partition coefficient (Wildman–Crippen LogP) is 1.39. The second-order valence-electron chi connectivity index (χ2n) is 3.17. The van der Waals surface area contributed by atoms with E-state index in [0.29, 0.717) is 12.1 Å². The first-order valence-corrected chi connectivity index (χ1v) is 4.63. The lowest BCUT2D eigenvalue weighted by Crippen LogP contribution is -2.23. The average Bonchev–Trinajstić information content (AvgIpc) is 2.19. The molecule has 1 saturated carbocycles. The number of nitrogens with one attached hydrogen (secondary N) is 1. The summed E-state index contributed by atoms with van der Waals surface area (Å²) in [6, 6.07) is 0.680. The Bertz CT molecular complexity index is 213. The van der Waals surface area contributed by atoms with Crippen LogP contribution in [0.2, 0.25) is 0 Å². The lowest BCUT2D eigenvalue weighted by atomic mass is 9.96. The van der Waals surface area contributed by atoms with Gasteiger partial charge in [-0.25, -0.2) is 10.3 Å². The van der Waals surface area contributed by atoms with E-state index in [1.54, 1.807) is 6.19 Å². The maximum atomic E-state index is 8.38. The second kappa shape index (κ2) is 5.41. The molecule has 1 aliphatic carbocycles. The van der Waals surface area contributed by atoms with E-state index in [-0.39, 0.29) is 0 Å². The highest BCUT2D eigenvalue weighted by atomic mass is 16.5. The molecule has 0 bridgehead atoms. The van der Waals surface area contributed by atoms with Gasteiger partial charge in [0.15, 0.2) is 6.19 Å². The first-order valence-electron chi connectivity index (χ1n) is 4.63. The van der Waals surface area contributed by atoms with Gasteiger partial charge in [-0.15, -0.1) is 0 Å². The largest absolute Gasteiger partial charge is 0.468 e. The van der Waals surface area contributed by atoms with Crippen molar-refractivity contribution in [1.82, 2.24) is 5.32 Å². The van der Waals surface area contributed by atoms with Crippen LogP contribution in [0.3, 0.4) is 0 Å². The van der Waals surface area contributed by atoms with Gasteiger partial charge in [0.25, 0.3) is 6.02 Å². The topological polar surface area (TPSA) is 57.4 Å². The van der Waals surface area contributed by atoms with Gasteiger partial charge in [-0.05, 0) is 12.8 Å². The SMILES string of the molecule is COC(=NC1CCCCC1)NC#N. The molecule has 0 radical (unpaired) electrons. The van der Waals surface area contributed by atoms with Crippen molar-refractivity contribution >= 4 is 6.02 Å². The smallest absolute Gasteiger partial charge is 0.298 e. The Kier molecular flexibility index (Phi) is 4.10. The van der Waals surface area contributed by atoms with Crippen molar-refractivity contribution in [2.24, 2.45) is 4.99 Å². The zero-order valence-electron chi connectivity index (χ0n) is 7.92. The summed E-state index contributed by atoms with van der Waals surface area (Å²) in [4.78, 5) is 4.30. The van der Waals surface area contributed by atoms with E-state index in [9.17, 15) is 0 Å². The summed E-state index contributed by atoms with van der Waals surface area (Å²) in [6.07, 6.45) is 7.80. The molecule has 1 fully saturated rings. The van der Waals surface area contributed by atoms with Crippen molar-refractivity contribution in [3.8, 4) is 6.19 Å². The number of nitrogens with zero attached hydrogens (tertiary/aromatic N) is 2. The molecule has 0 aromatic carbocycles. The molecule has 1 N–H and O–H groups in total. The van der Waals surface area contributed by atoms with Crippen molar-refractivity contribution in [2.45, 2.75) is 38.1 Å². The van der Waals surface area contributed by atoms with Crippen LogP contribution in [-0.4, -0.2) is 19.2 Å². The first kappa shape index (κ1) is 9.85. The van der Waals surface area contributed by atoms with Gasteiger partial charge in [0.05, 0.1) is 13.2 Å². The molecule has 0 aromatic rings. The number of amidine groups is 1. The third-order valence-corrected chi connectivity index (χ3v) is 2.23. The summed E-state index contributed by atoms with van der Waals surface area (Å²) in [5, 5.41) is 10.8. The molecule has 72 valence electrons. The molecule has 4 heteroatoms. The van der Waals surface area contributed by atoms with Gasteiger partial charge < -0.3 is 4.74 Å². The molecule has 4 nitrogen and oxygen atoms in total. The van der Waals surface area contributed by atoms with Gasteiger partial charge >= 0.3 is 0 Å². The first-order chi connectivity index (χ1) is 6.36. The van der Waals surface area contributed by atoms with Crippen LogP contribution in [-0.2, 0) is 4.74 Å². The van der Waals surface area contributed by atoms with E-state index >= 15 is 0 Å². The third-order valence-electron chi connectivity index (χ3n) is 2.23. The van der Waals surface area contributed by atoms with Crippen molar-refractivity contribution < 1.29 is 4.74 Å². The fourth-order valence-electron chi connectivity index (χ4n) is 1.56. The van der Waals surface area contributed by atoms with Crippen LogP contribution in [0, 0.1) is 11.5 Å². The zero-order chi connectivity index (χ0) is 9.52. The molecule has 0 amide bonds. The Morgan fingerprint density at radius 3 is 2.69 bits per heavy atom. The molecule has 1 aliphatic rings. The predicted molar refractivity (Wildman–Crippen MR) is 50.1 cm³/mol. The standard InChI is InChI=1S/C9H15N3O/c1-13-9(11-7-10)12-8-5-3-2-4-6-8/h8H,2-6H2,1H3,(H,11,12). The Morgan fingerprint density at radius 2 is 2.15 bits per heavy atom. The van der Waals surface area contributed by atoms with E-state index in [0.717, 1.165) is 12.8 Å². The number of hydrogen-bond donors (Lipinski definition) is 1. The molecule has 0 atom stereocenters. The van der Waals surface area contributed by atoms with Gasteiger partial charge in [0.1, 0.15) is 0 Å². The third kappa shape index (κ3) is 3.32. The number of aliphatic imine (C=N–C) groups is 1. The van der Waals surface area contributed by atoms with Gasteiger partial charge in [-0.1, -0.05) is 19.3 Å². The minimum absolute atomic E-state index is 0.338. The molecule has 13 heavy (non-hydrogen) atoms. The van der Waals surface area contributed by atoms with Crippen LogP contribution in [0.15, 0.2) is 4.99 Å².